The first kappa shape index (κ1) is 14.9. The van der Waals surface area contributed by atoms with Gasteiger partial charge in [-0.1, -0.05) is 49.5 Å². The van der Waals surface area contributed by atoms with Gasteiger partial charge in [0.05, 0.1) is 16.1 Å². The van der Waals surface area contributed by atoms with Crippen molar-refractivity contribution in [2.24, 2.45) is 0 Å². The highest BCUT2D eigenvalue weighted by Gasteiger charge is 2.25. The number of alkyl halides is 2. The van der Waals surface area contributed by atoms with Crippen molar-refractivity contribution in [2.45, 2.75) is 12.5 Å². The second-order valence-electron chi connectivity index (χ2n) is 3.88. The monoisotopic (exact) mass is 385 g/mol. The predicted molar refractivity (Wildman–Crippen MR) is 74.9 cm³/mol. The van der Waals surface area contributed by atoms with Crippen molar-refractivity contribution in [3.63, 3.8) is 0 Å². The van der Waals surface area contributed by atoms with E-state index in [2.05, 4.69) is 37.2 Å². The Morgan fingerprint density at radius 1 is 1.47 bits per heavy atom. The molecule has 0 heterocycles. The summed E-state index contributed by atoms with van der Waals surface area (Å²) < 4.78 is 13.2. The van der Waals surface area contributed by atoms with Crippen LogP contribution in [0.3, 0.4) is 0 Å². The molecule has 0 radical (unpaired) electrons. The number of halogens is 4. The molecule has 0 saturated heterocycles. The van der Waals surface area contributed by atoms with E-state index in [0.717, 1.165) is 0 Å². The van der Waals surface area contributed by atoms with Gasteiger partial charge in [-0.25, -0.2) is 4.39 Å². The molecule has 0 saturated carbocycles. The van der Waals surface area contributed by atoms with Crippen LogP contribution < -0.4 is 5.32 Å². The van der Waals surface area contributed by atoms with E-state index in [1.807, 2.05) is 6.92 Å². The van der Waals surface area contributed by atoms with Gasteiger partial charge in [0.2, 0.25) is 0 Å². The number of nitrogens with one attached hydrogen (secondary N) is 1. The Balaban J connectivity index is 2.94. The van der Waals surface area contributed by atoms with Crippen molar-refractivity contribution in [1.82, 2.24) is 5.32 Å². The van der Waals surface area contributed by atoms with Crippen molar-refractivity contribution in [1.29, 1.82) is 0 Å². The van der Waals surface area contributed by atoms with E-state index in [4.69, 9.17) is 11.6 Å². The lowest BCUT2D eigenvalue weighted by Gasteiger charge is -2.26. The van der Waals surface area contributed by atoms with Crippen LogP contribution in [0.1, 0.15) is 17.3 Å². The van der Waals surface area contributed by atoms with Crippen LogP contribution in [-0.4, -0.2) is 22.1 Å². The summed E-state index contributed by atoms with van der Waals surface area (Å²) in [6, 6.07) is 4.16. The molecule has 1 rings (SSSR count). The molecule has 0 aliphatic rings. The van der Waals surface area contributed by atoms with Gasteiger partial charge in [0, 0.05) is 10.7 Å². The van der Waals surface area contributed by atoms with Crippen LogP contribution in [0.4, 0.5) is 4.39 Å². The van der Waals surface area contributed by atoms with Crippen molar-refractivity contribution in [2.75, 3.05) is 10.7 Å². The molecule has 1 aromatic rings. The van der Waals surface area contributed by atoms with Crippen molar-refractivity contribution in [3.8, 4) is 0 Å². The number of hydrogen-bond donors (Lipinski definition) is 1. The van der Waals surface area contributed by atoms with Crippen molar-refractivity contribution >= 4 is 49.4 Å². The molecule has 1 N–H and O–H groups in total. The van der Waals surface area contributed by atoms with E-state index in [1.54, 1.807) is 0 Å². The summed E-state index contributed by atoms with van der Waals surface area (Å²) in [4.78, 5) is 11.9. The van der Waals surface area contributed by atoms with E-state index in [1.165, 1.54) is 18.2 Å². The van der Waals surface area contributed by atoms with Crippen LogP contribution in [-0.2, 0) is 0 Å². The minimum atomic E-state index is -0.598. The van der Waals surface area contributed by atoms with Crippen LogP contribution >= 0.6 is 43.5 Å². The quantitative estimate of drug-likeness (QED) is 0.784. The molecule has 0 spiro atoms. The molecule has 0 atom stereocenters. The summed E-state index contributed by atoms with van der Waals surface area (Å²) in [7, 11) is 0. The smallest absolute Gasteiger partial charge is 0.253 e. The first-order valence-electron chi connectivity index (χ1n) is 4.82. The summed E-state index contributed by atoms with van der Waals surface area (Å²) in [5.74, 6) is -0.991. The first-order valence-corrected chi connectivity index (χ1v) is 7.44. The second kappa shape index (κ2) is 6.16. The highest BCUT2D eigenvalue weighted by atomic mass is 79.9. The van der Waals surface area contributed by atoms with Crippen LogP contribution in [0.15, 0.2) is 18.2 Å². The van der Waals surface area contributed by atoms with Gasteiger partial charge in [0.15, 0.2) is 0 Å². The van der Waals surface area contributed by atoms with Crippen LogP contribution in [0.5, 0.6) is 0 Å². The largest absolute Gasteiger partial charge is 0.345 e. The lowest BCUT2D eigenvalue weighted by atomic mass is 10.1. The van der Waals surface area contributed by atoms with Crippen molar-refractivity contribution < 1.29 is 9.18 Å². The SMILES string of the molecule is CC(CBr)(CBr)NC(=O)c1cccc(F)c1Cl. The fourth-order valence-corrected chi connectivity index (χ4v) is 2.54. The van der Waals surface area contributed by atoms with Gasteiger partial charge < -0.3 is 5.32 Å². The lowest BCUT2D eigenvalue weighted by Crippen LogP contribution is -2.49. The number of amides is 1. The fourth-order valence-electron chi connectivity index (χ4n) is 1.12. The molecule has 1 aromatic carbocycles. The lowest BCUT2D eigenvalue weighted by molar-refractivity contribution is 0.0922. The summed E-state index contributed by atoms with van der Waals surface area (Å²) in [6.07, 6.45) is 0. The Bertz CT molecular complexity index is 424. The van der Waals surface area contributed by atoms with E-state index in [-0.39, 0.29) is 10.6 Å². The molecule has 0 aliphatic carbocycles. The van der Waals surface area contributed by atoms with Gasteiger partial charge in [-0.05, 0) is 19.1 Å². The average Bonchev–Trinajstić information content (AvgIpc) is 2.32. The predicted octanol–water partition coefficient (Wildman–Crippen LogP) is 3.76. The molecular weight excluding hydrogens is 376 g/mol. The Kier molecular flexibility index (Phi) is 5.41. The van der Waals surface area contributed by atoms with E-state index >= 15 is 0 Å². The number of rotatable bonds is 4. The van der Waals surface area contributed by atoms with Gasteiger partial charge >= 0.3 is 0 Å². The van der Waals surface area contributed by atoms with Crippen LogP contribution in [0.25, 0.3) is 0 Å². The molecule has 0 aliphatic heterocycles. The number of benzene rings is 1. The van der Waals surface area contributed by atoms with Gasteiger partial charge in [0.1, 0.15) is 5.82 Å². The molecular formula is C11H11Br2ClFNO. The summed E-state index contributed by atoms with van der Waals surface area (Å²) in [6.45, 7) is 1.86. The minimum absolute atomic E-state index is 0.139. The van der Waals surface area contributed by atoms with E-state index in [9.17, 15) is 9.18 Å². The standard InChI is InChI=1S/C11H11Br2ClFNO/c1-11(5-12,6-13)16-10(17)7-3-2-4-8(15)9(7)14/h2-4H,5-6H2,1H3,(H,16,17). The zero-order valence-corrected chi connectivity index (χ0v) is 13.0. The molecule has 2 nitrogen and oxygen atoms in total. The molecule has 0 aromatic heterocycles. The molecule has 17 heavy (non-hydrogen) atoms. The summed E-state index contributed by atoms with van der Waals surface area (Å²) in [5, 5.41) is 3.78. The topological polar surface area (TPSA) is 29.1 Å². The maximum absolute atomic E-state index is 13.2. The maximum Gasteiger partial charge on any atom is 0.253 e. The molecule has 0 unspecified atom stereocenters. The van der Waals surface area contributed by atoms with E-state index in [0.29, 0.717) is 10.7 Å². The fraction of sp³-hybridized carbons (Fsp3) is 0.364. The maximum atomic E-state index is 13.2. The third kappa shape index (κ3) is 3.66. The van der Waals surface area contributed by atoms with E-state index < -0.39 is 17.3 Å². The van der Waals surface area contributed by atoms with Crippen LogP contribution in [0.2, 0.25) is 5.02 Å². The summed E-state index contributed by atoms with van der Waals surface area (Å²) in [5.41, 5.74) is -0.313. The second-order valence-corrected chi connectivity index (χ2v) is 5.38. The Labute approximate surface area is 121 Å². The third-order valence-corrected chi connectivity index (χ3v) is 5.06. The zero-order valence-electron chi connectivity index (χ0n) is 9.07. The highest BCUT2D eigenvalue weighted by Crippen LogP contribution is 2.21. The molecule has 0 bridgehead atoms. The number of carbonyl (C=O) groups excluding carboxylic acids is 1. The first-order chi connectivity index (χ1) is 7.93. The van der Waals surface area contributed by atoms with Gasteiger partial charge in [-0.3, -0.25) is 4.79 Å². The summed E-state index contributed by atoms with van der Waals surface area (Å²) >= 11 is 12.4. The van der Waals surface area contributed by atoms with Crippen molar-refractivity contribution in [3.05, 3.63) is 34.6 Å². The van der Waals surface area contributed by atoms with Gasteiger partial charge in [-0.2, -0.15) is 0 Å². The Hall–Kier alpha value is -0.130. The molecule has 0 fully saturated rings. The molecule has 94 valence electrons. The average molecular weight is 387 g/mol. The normalized spacial score (nSPS) is 11.4. The highest BCUT2D eigenvalue weighted by molar-refractivity contribution is 9.09. The van der Waals surface area contributed by atoms with Gasteiger partial charge in [-0.15, -0.1) is 0 Å². The van der Waals surface area contributed by atoms with Gasteiger partial charge in [0.25, 0.3) is 5.91 Å². The minimum Gasteiger partial charge on any atom is -0.345 e. The Morgan fingerprint density at radius 2 is 2.06 bits per heavy atom. The Morgan fingerprint density at radius 3 is 2.59 bits per heavy atom. The number of hydrogen-bond acceptors (Lipinski definition) is 1. The number of carbonyl (C=O) groups is 1. The third-order valence-electron chi connectivity index (χ3n) is 2.20. The molecule has 6 heteroatoms. The molecule has 1 amide bonds. The zero-order chi connectivity index (χ0) is 13.1. The van der Waals surface area contributed by atoms with Crippen LogP contribution in [0, 0.1) is 5.82 Å².